The molecule has 1 heterocycles. The molecule has 0 spiro atoms. The van der Waals surface area contributed by atoms with Crippen molar-refractivity contribution in [1.82, 2.24) is 9.36 Å². The SMILES string of the molecule is CCCCn1c(=NC(=O)c2cc(C#N)ccc2OCC(C)(C)O)cc(C(C)(C)C)n1C. The highest BCUT2D eigenvalue weighted by atomic mass is 16.5. The molecule has 1 amide bonds. The van der Waals surface area contributed by atoms with Gasteiger partial charge in [0.15, 0.2) is 5.49 Å². The number of hydrogen-bond acceptors (Lipinski definition) is 4. The largest absolute Gasteiger partial charge is 0.490 e. The normalized spacial score (nSPS) is 12.7. The van der Waals surface area contributed by atoms with Crippen molar-refractivity contribution in [2.75, 3.05) is 6.61 Å². The van der Waals surface area contributed by atoms with Gasteiger partial charge in [-0.05, 0) is 38.5 Å². The van der Waals surface area contributed by atoms with E-state index in [1.807, 2.05) is 23.9 Å². The molecular formula is C24H34N4O3. The summed E-state index contributed by atoms with van der Waals surface area (Å²) in [5, 5.41) is 19.3. The fraction of sp³-hybridized carbons (Fsp3) is 0.542. The molecule has 0 aliphatic heterocycles. The van der Waals surface area contributed by atoms with Crippen LogP contribution in [0.25, 0.3) is 0 Å². The van der Waals surface area contributed by atoms with Crippen LogP contribution < -0.4 is 10.2 Å². The van der Waals surface area contributed by atoms with Crippen LogP contribution in [0, 0.1) is 11.3 Å². The van der Waals surface area contributed by atoms with Gasteiger partial charge in [0.25, 0.3) is 5.91 Å². The minimum Gasteiger partial charge on any atom is -0.490 e. The van der Waals surface area contributed by atoms with Gasteiger partial charge in [-0.25, -0.2) is 0 Å². The van der Waals surface area contributed by atoms with Gasteiger partial charge >= 0.3 is 0 Å². The molecular weight excluding hydrogens is 392 g/mol. The van der Waals surface area contributed by atoms with Crippen LogP contribution in [-0.4, -0.2) is 32.6 Å². The molecule has 168 valence electrons. The number of ether oxygens (including phenoxy) is 1. The monoisotopic (exact) mass is 426 g/mol. The fourth-order valence-corrected chi connectivity index (χ4v) is 3.25. The van der Waals surface area contributed by atoms with E-state index in [9.17, 15) is 15.2 Å². The summed E-state index contributed by atoms with van der Waals surface area (Å²) in [6.07, 6.45) is 1.99. The average molecular weight is 427 g/mol. The van der Waals surface area contributed by atoms with Gasteiger partial charge in [-0.15, -0.1) is 0 Å². The molecule has 31 heavy (non-hydrogen) atoms. The van der Waals surface area contributed by atoms with Crippen LogP contribution in [0.4, 0.5) is 0 Å². The molecule has 0 aliphatic rings. The molecule has 0 fully saturated rings. The van der Waals surface area contributed by atoms with E-state index in [0.717, 1.165) is 25.1 Å². The number of benzene rings is 1. The van der Waals surface area contributed by atoms with Crippen molar-refractivity contribution in [2.45, 2.75) is 71.9 Å². The zero-order valence-corrected chi connectivity index (χ0v) is 19.7. The predicted molar refractivity (Wildman–Crippen MR) is 120 cm³/mol. The third kappa shape index (κ3) is 6.31. The molecule has 0 saturated carbocycles. The predicted octanol–water partition coefficient (Wildman–Crippen LogP) is 3.69. The number of hydrogen-bond donors (Lipinski definition) is 1. The first kappa shape index (κ1) is 24.4. The maximum atomic E-state index is 13.2. The highest BCUT2D eigenvalue weighted by Crippen LogP contribution is 2.23. The Morgan fingerprint density at radius 2 is 1.90 bits per heavy atom. The van der Waals surface area contributed by atoms with Crippen LogP contribution in [0.15, 0.2) is 29.3 Å². The first-order valence-corrected chi connectivity index (χ1v) is 10.6. The van der Waals surface area contributed by atoms with E-state index in [1.54, 1.807) is 26.0 Å². The number of rotatable bonds is 7. The van der Waals surface area contributed by atoms with Gasteiger partial charge < -0.3 is 9.84 Å². The standard InChI is InChI=1S/C24H34N4O3/c1-8-9-12-28-21(14-20(27(28)7)23(2,3)4)26-22(29)18-13-17(15-25)10-11-19(18)31-16-24(5,6)30/h10-11,13-14,30H,8-9,12,16H2,1-7H3. The number of nitrogens with zero attached hydrogens (tertiary/aromatic N) is 4. The summed E-state index contributed by atoms with van der Waals surface area (Å²) >= 11 is 0. The first-order chi connectivity index (χ1) is 14.4. The summed E-state index contributed by atoms with van der Waals surface area (Å²) < 4.78 is 9.75. The molecule has 2 rings (SSSR count). The Bertz CT molecular complexity index is 1040. The number of carbonyl (C=O) groups is 1. The lowest BCUT2D eigenvalue weighted by molar-refractivity contribution is 0.0281. The van der Waals surface area contributed by atoms with E-state index in [2.05, 4.69) is 37.4 Å². The summed E-state index contributed by atoms with van der Waals surface area (Å²) in [6, 6.07) is 8.63. The van der Waals surface area contributed by atoms with Crippen LogP contribution in [0.5, 0.6) is 5.75 Å². The van der Waals surface area contributed by atoms with Gasteiger partial charge in [-0.1, -0.05) is 34.1 Å². The molecule has 1 aromatic heterocycles. The first-order valence-electron chi connectivity index (χ1n) is 10.6. The zero-order chi connectivity index (χ0) is 23.4. The van der Waals surface area contributed by atoms with Crippen LogP contribution in [0.3, 0.4) is 0 Å². The summed E-state index contributed by atoms with van der Waals surface area (Å²) in [7, 11) is 1.98. The lowest BCUT2D eigenvalue weighted by Gasteiger charge is -2.20. The molecule has 1 N–H and O–H groups in total. The van der Waals surface area contributed by atoms with E-state index in [1.165, 1.54) is 6.07 Å². The highest BCUT2D eigenvalue weighted by Gasteiger charge is 2.22. The maximum Gasteiger partial charge on any atom is 0.282 e. The number of amides is 1. The van der Waals surface area contributed by atoms with Gasteiger partial charge in [0, 0.05) is 30.8 Å². The molecule has 2 aromatic rings. The van der Waals surface area contributed by atoms with Crippen LogP contribution in [-0.2, 0) is 19.0 Å². The average Bonchev–Trinajstić information content (AvgIpc) is 2.99. The lowest BCUT2D eigenvalue weighted by atomic mass is 9.92. The van der Waals surface area contributed by atoms with Crippen molar-refractivity contribution in [3.05, 3.63) is 46.6 Å². The molecule has 0 atom stereocenters. The Kier molecular flexibility index (Phi) is 7.50. The summed E-state index contributed by atoms with van der Waals surface area (Å²) in [5.41, 5.74) is 1.01. The zero-order valence-electron chi connectivity index (χ0n) is 19.7. The van der Waals surface area contributed by atoms with Crippen molar-refractivity contribution >= 4 is 5.91 Å². The Morgan fingerprint density at radius 3 is 2.45 bits per heavy atom. The van der Waals surface area contributed by atoms with Crippen molar-refractivity contribution in [1.29, 1.82) is 5.26 Å². The molecule has 1 aromatic carbocycles. The third-order valence-electron chi connectivity index (χ3n) is 4.87. The highest BCUT2D eigenvalue weighted by molar-refractivity contribution is 5.98. The molecule has 0 unspecified atom stereocenters. The molecule has 0 saturated heterocycles. The minimum absolute atomic E-state index is 0.00912. The van der Waals surface area contributed by atoms with E-state index < -0.39 is 11.5 Å². The van der Waals surface area contributed by atoms with Crippen LogP contribution in [0.1, 0.15) is 76.0 Å². The Morgan fingerprint density at radius 1 is 1.23 bits per heavy atom. The fourth-order valence-electron chi connectivity index (χ4n) is 3.25. The number of nitriles is 1. The molecule has 0 bridgehead atoms. The second kappa shape index (κ2) is 9.52. The van der Waals surface area contributed by atoms with Gasteiger partial charge in [0.1, 0.15) is 12.4 Å². The lowest BCUT2D eigenvalue weighted by Crippen LogP contribution is -2.28. The second-order valence-corrected chi connectivity index (χ2v) is 9.48. The van der Waals surface area contributed by atoms with Gasteiger partial charge in [0.05, 0.1) is 22.8 Å². The van der Waals surface area contributed by atoms with Gasteiger partial charge in [-0.3, -0.25) is 14.2 Å². The van der Waals surface area contributed by atoms with Crippen molar-refractivity contribution < 1.29 is 14.6 Å². The quantitative estimate of drug-likeness (QED) is 0.731. The topological polar surface area (TPSA) is 92.5 Å². The van der Waals surface area contributed by atoms with E-state index >= 15 is 0 Å². The number of unbranched alkanes of at least 4 members (excludes halogenated alkanes) is 1. The minimum atomic E-state index is -1.06. The van der Waals surface area contributed by atoms with Gasteiger partial charge in [0.2, 0.25) is 0 Å². The molecule has 7 heteroatoms. The molecule has 0 radical (unpaired) electrons. The van der Waals surface area contributed by atoms with E-state index in [4.69, 9.17) is 4.74 Å². The van der Waals surface area contributed by atoms with Crippen molar-refractivity contribution in [3.63, 3.8) is 0 Å². The summed E-state index contributed by atoms with van der Waals surface area (Å²) in [4.78, 5) is 17.6. The van der Waals surface area contributed by atoms with E-state index in [-0.39, 0.29) is 17.6 Å². The second-order valence-electron chi connectivity index (χ2n) is 9.48. The smallest absolute Gasteiger partial charge is 0.282 e. The molecule has 7 nitrogen and oxygen atoms in total. The van der Waals surface area contributed by atoms with Crippen molar-refractivity contribution in [3.8, 4) is 11.8 Å². The number of aromatic nitrogens is 2. The Hall–Kier alpha value is -2.85. The van der Waals surface area contributed by atoms with Crippen molar-refractivity contribution in [2.24, 2.45) is 12.0 Å². The molecule has 0 aliphatic carbocycles. The van der Waals surface area contributed by atoms with Crippen LogP contribution in [0.2, 0.25) is 0 Å². The Balaban J connectivity index is 2.58. The van der Waals surface area contributed by atoms with Crippen LogP contribution >= 0.6 is 0 Å². The third-order valence-corrected chi connectivity index (χ3v) is 4.87. The summed E-state index contributed by atoms with van der Waals surface area (Å²) in [6.45, 7) is 12.5. The summed E-state index contributed by atoms with van der Waals surface area (Å²) in [5.74, 6) is -0.193. The Labute approximate surface area is 184 Å². The van der Waals surface area contributed by atoms with E-state index in [0.29, 0.717) is 16.8 Å². The van der Waals surface area contributed by atoms with Gasteiger partial charge in [-0.2, -0.15) is 10.3 Å². The number of carbonyl (C=O) groups excluding carboxylic acids is 1. The maximum absolute atomic E-state index is 13.2. The number of aliphatic hydroxyl groups is 1.